The summed E-state index contributed by atoms with van der Waals surface area (Å²) in [5.74, 6) is -2.69. The molecule has 0 bridgehead atoms. The summed E-state index contributed by atoms with van der Waals surface area (Å²) in [6.07, 6.45) is 4.76. The zero-order valence-corrected chi connectivity index (χ0v) is 20.9. The maximum absolute atomic E-state index is 13.5. The van der Waals surface area contributed by atoms with Gasteiger partial charge in [-0.1, -0.05) is 100 Å². The quantitative estimate of drug-likeness (QED) is 0.282. The van der Waals surface area contributed by atoms with E-state index in [0.29, 0.717) is 5.56 Å². The van der Waals surface area contributed by atoms with Crippen LogP contribution in [0.4, 0.5) is 0 Å². The number of carbonyl (C=O) groups excluding carboxylic acids is 1. The van der Waals surface area contributed by atoms with Crippen molar-refractivity contribution in [1.29, 1.82) is 0 Å². The number of aliphatic hydroxyl groups excluding tert-OH is 2. The van der Waals surface area contributed by atoms with Crippen molar-refractivity contribution in [2.75, 3.05) is 0 Å². The van der Waals surface area contributed by atoms with Gasteiger partial charge < -0.3 is 15.3 Å². The molecule has 0 aromatic heterocycles. The Morgan fingerprint density at radius 3 is 2.29 bits per heavy atom. The Balaban J connectivity index is 1.84. The number of carboxylic acids is 1. The van der Waals surface area contributed by atoms with Crippen LogP contribution in [0.1, 0.15) is 63.2 Å². The normalized spacial score (nSPS) is 23.5. The van der Waals surface area contributed by atoms with E-state index in [9.17, 15) is 24.9 Å². The standard InChI is InChI=1S/C30H38O5/c1-4-5-17-30(2,3)27(32)16-15-23-24(19-28(33)34)26(31)18-25(23)29(35)22-13-11-21(12-14-22)20-9-7-6-8-10-20/h6-16,23-27,31-32H,4-5,17-19H2,1-3H3,(H,33,34)/t23-,24-,25-,26+,27?/m1/s1. The van der Waals surface area contributed by atoms with Crippen molar-refractivity contribution in [2.24, 2.45) is 23.2 Å². The largest absolute Gasteiger partial charge is 0.481 e. The van der Waals surface area contributed by atoms with Gasteiger partial charge in [0, 0.05) is 17.4 Å². The van der Waals surface area contributed by atoms with E-state index < -0.39 is 35.9 Å². The summed E-state index contributed by atoms with van der Waals surface area (Å²) in [5, 5.41) is 30.9. The second kappa shape index (κ2) is 11.8. The van der Waals surface area contributed by atoms with Gasteiger partial charge in [0.25, 0.3) is 0 Å². The highest BCUT2D eigenvalue weighted by atomic mass is 16.4. The lowest BCUT2D eigenvalue weighted by Gasteiger charge is -2.29. The first-order valence-corrected chi connectivity index (χ1v) is 12.6. The summed E-state index contributed by atoms with van der Waals surface area (Å²) in [4.78, 5) is 25.0. The molecule has 0 heterocycles. The highest BCUT2D eigenvalue weighted by Gasteiger charge is 2.45. The summed E-state index contributed by atoms with van der Waals surface area (Å²) >= 11 is 0. The van der Waals surface area contributed by atoms with E-state index in [4.69, 9.17) is 0 Å². The number of aliphatic carboxylic acids is 1. The SMILES string of the molecule is CCCCC(C)(C)C(O)C=C[C@@H]1[C@@H](CC(=O)O)[C@@H](O)C[C@H]1C(=O)c1ccc(-c2ccccc2)cc1. The third-order valence-corrected chi connectivity index (χ3v) is 7.46. The Kier molecular flexibility index (Phi) is 9.03. The number of carboxylic acid groups (broad SMARTS) is 1. The van der Waals surface area contributed by atoms with Crippen molar-refractivity contribution in [3.8, 4) is 11.1 Å². The summed E-state index contributed by atoms with van der Waals surface area (Å²) in [5.41, 5.74) is 2.27. The second-order valence-electron chi connectivity index (χ2n) is 10.5. The molecule has 5 atom stereocenters. The van der Waals surface area contributed by atoms with Gasteiger partial charge in [0.1, 0.15) is 0 Å². The number of hydrogen-bond donors (Lipinski definition) is 3. The molecule has 188 valence electrons. The van der Waals surface area contributed by atoms with Crippen LogP contribution in [0.5, 0.6) is 0 Å². The fraction of sp³-hybridized carbons (Fsp3) is 0.467. The highest BCUT2D eigenvalue weighted by Crippen LogP contribution is 2.42. The zero-order chi connectivity index (χ0) is 25.6. The Morgan fingerprint density at radius 1 is 1.06 bits per heavy atom. The van der Waals surface area contributed by atoms with Gasteiger partial charge in [-0.05, 0) is 35.3 Å². The molecule has 0 amide bonds. The predicted octanol–water partition coefficient (Wildman–Crippen LogP) is 5.76. The third kappa shape index (κ3) is 6.68. The molecule has 3 rings (SSSR count). The van der Waals surface area contributed by atoms with Crippen molar-refractivity contribution < 1.29 is 24.9 Å². The Morgan fingerprint density at radius 2 is 1.69 bits per heavy atom. The monoisotopic (exact) mass is 478 g/mol. The number of ketones is 1. The minimum absolute atomic E-state index is 0.106. The van der Waals surface area contributed by atoms with Crippen molar-refractivity contribution in [2.45, 2.75) is 65.1 Å². The van der Waals surface area contributed by atoms with Crippen molar-refractivity contribution in [3.05, 3.63) is 72.3 Å². The average Bonchev–Trinajstić information content (AvgIpc) is 3.15. The van der Waals surface area contributed by atoms with E-state index in [1.807, 2.05) is 56.3 Å². The van der Waals surface area contributed by atoms with Gasteiger partial charge in [-0.2, -0.15) is 0 Å². The van der Waals surface area contributed by atoms with Crippen LogP contribution in [0.15, 0.2) is 66.7 Å². The molecule has 5 heteroatoms. The Bertz CT molecular complexity index is 1010. The lowest BCUT2D eigenvalue weighted by atomic mass is 9.79. The first kappa shape index (κ1) is 26.8. The molecule has 2 aromatic carbocycles. The fourth-order valence-corrected chi connectivity index (χ4v) is 5.13. The Labute approximate surface area is 208 Å². The first-order chi connectivity index (χ1) is 16.6. The van der Waals surface area contributed by atoms with Crippen LogP contribution in [-0.4, -0.2) is 39.3 Å². The van der Waals surface area contributed by atoms with E-state index in [1.165, 1.54) is 0 Å². The first-order valence-electron chi connectivity index (χ1n) is 12.6. The topological polar surface area (TPSA) is 94.8 Å². The maximum Gasteiger partial charge on any atom is 0.303 e. The summed E-state index contributed by atoms with van der Waals surface area (Å²) in [7, 11) is 0. The molecule has 5 nitrogen and oxygen atoms in total. The van der Waals surface area contributed by atoms with Crippen molar-refractivity contribution >= 4 is 11.8 Å². The molecule has 1 saturated carbocycles. The zero-order valence-electron chi connectivity index (χ0n) is 20.9. The van der Waals surface area contributed by atoms with Gasteiger partial charge in [-0.15, -0.1) is 0 Å². The fourth-order valence-electron chi connectivity index (χ4n) is 5.13. The third-order valence-electron chi connectivity index (χ3n) is 7.46. The van der Waals surface area contributed by atoms with Gasteiger partial charge in [0.2, 0.25) is 0 Å². The van der Waals surface area contributed by atoms with Crippen LogP contribution in [0, 0.1) is 23.2 Å². The van der Waals surface area contributed by atoms with Crippen LogP contribution in [0.25, 0.3) is 11.1 Å². The van der Waals surface area contributed by atoms with Gasteiger partial charge >= 0.3 is 5.97 Å². The van der Waals surface area contributed by atoms with Crippen LogP contribution in [0.3, 0.4) is 0 Å². The van der Waals surface area contributed by atoms with Gasteiger partial charge in [0.05, 0.1) is 18.6 Å². The number of rotatable bonds is 11. The second-order valence-corrected chi connectivity index (χ2v) is 10.5. The molecular weight excluding hydrogens is 440 g/mol. The molecule has 1 aliphatic carbocycles. The number of allylic oxidation sites excluding steroid dienone is 1. The van der Waals surface area contributed by atoms with E-state index in [2.05, 4.69) is 6.92 Å². The van der Waals surface area contributed by atoms with Gasteiger partial charge in [0.15, 0.2) is 5.78 Å². The molecular formula is C30H38O5. The molecule has 1 unspecified atom stereocenters. The number of benzene rings is 2. The molecule has 1 fully saturated rings. The highest BCUT2D eigenvalue weighted by molar-refractivity contribution is 5.99. The van der Waals surface area contributed by atoms with E-state index in [-0.39, 0.29) is 24.0 Å². The van der Waals surface area contributed by atoms with Crippen molar-refractivity contribution in [3.63, 3.8) is 0 Å². The minimum Gasteiger partial charge on any atom is -0.481 e. The van der Waals surface area contributed by atoms with Crippen LogP contribution in [-0.2, 0) is 4.79 Å². The molecule has 35 heavy (non-hydrogen) atoms. The molecule has 0 radical (unpaired) electrons. The van der Waals surface area contributed by atoms with Crippen LogP contribution in [0.2, 0.25) is 0 Å². The van der Waals surface area contributed by atoms with Gasteiger partial charge in [-0.3, -0.25) is 9.59 Å². The minimum atomic E-state index is -1.00. The molecule has 3 N–H and O–H groups in total. The smallest absolute Gasteiger partial charge is 0.303 e. The Hall–Kier alpha value is -2.76. The van der Waals surface area contributed by atoms with Crippen LogP contribution < -0.4 is 0 Å². The molecule has 0 aliphatic heterocycles. The molecule has 0 spiro atoms. The molecule has 2 aromatic rings. The molecule has 1 aliphatic rings. The van der Waals surface area contributed by atoms with Crippen LogP contribution >= 0.6 is 0 Å². The van der Waals surface area contributed by atoms with E-state index >= 15 is 0 Å². The number of carbonyl (C=O) groups is 2. The van der Waals surface area contributed by atoms with E-state index in [1.54, 1.807) is 24.3 Å². The summed E-state index contributed by atoms with van der Waals surface area (Å²) < 4.78 is 0. The number of hydrogen-bond acceptors (Lipinski definition) is 4. The lowest BCUT2D eigenvalue weighted by molar-refractivity contribution is -0.139. The summed E-state index contributed by atoms with van der Waals surface area (Å²) in [6.45, 7) is 6.12. The average molecular weight is 479 g/mol. The molecule has 0 saturated heterocycles. The number of Topliss-reactive ketones (excluding diaryl/α,β-unsaturated/α-hetero) is 1. The number of aliphatic hydroxyl groups is 2. The predicted molar refractivity (Wildman–Crippen MR) is 138 cm³/mol. The summed E-state index contributed by atoms with van der Waals surface area (Å²) in [6, 6.07) is 17.3. The lowest BCUT2D eigenvalue weighted by Crippen LogP contribution is -2.29. The maximum atomic E-state index is 13.5. The van der Waals surface area contributed by atoms with E-state index in [0.717, 1.165) is 30.4 Å². The van der Waals surface area contributed by atoms with Crippen molar-refractivity contribution in [1.82, 2.24) is 0 Å². The number of unbranched alkanes of at least 4 members (excludes halogenated alkanes) is 1. The van der Waals surface area contributed by atoms with Gasteiger partial charge in [-0.25, -0.2) is 0 Å².